The van der Waals surface area contributed by atoms with Crippen molar-refractivity contribution in [3.63, 3.8) is 0 Å². The molecule has 2 aromatic heterocycles. The maximum atomic E-state index is 5.60. The van der Waals surface area contributed by atoms with E-state index in [2.05, 4.69) is 39.5 Å². The standard InChI is InChI=1S/C16H13N3OS/c1-2-5-13(6-3-1)7-4-12-21-16-19-18-15(20-16)14-8-10-17-11-9-14/h1-11H,12H2/b7-4+. The quantitative estimate of drug-likeness (QED) is 0.667. The first-order valence-corrected chi connectivity index (χ1v) is 7.49. The zero-order valence-electron chi connectivity index (χ0n) is 11.2. The van der Waals surface area contributed by atoms with Crippen LogP contribution in [0.5, 0.6) is 0 Å². The molecular weight excluding hydrogens is 282 g/mol. The molecule has 1 aromatic carbocycles. The molecule has 2 heterocycles. The largest absolute Gasteiger partial charge is 0.411 e. The first-order valence-electron chi connectivity index (χ1n) is 6.50. The van der Waals surface area contributed by atoms with Crippen LogP contribution < -0.4 is 0 Å². The predicted octanol–water partition coefficient (Wildman–Crippen LogP) is 3.94. The van der Waals surface area contributed by atoms with Gasteiger partial charge in [-0.25, -0.2) is 0 Å². The molecule has 0 saturated heterocycles. The Morgan fingerprint density at radius 1 is 1.00 bits per heavy atom. The van der Waals surface area contributed by atoms with Crippen molar-refractivity contribution in [3.05, 3.63) is 66.5 Å². The second kappa shape index (κ2) is 6.85. The summed E-state index contributed by atoms with van der Waals surface area (Å²) in [6, 6.07) is 13.9. The van der Waals surface area contributed by atoms with Crippen LogP contribution in [0.1, 0.15) is 5.56 Å². The molecule has 21 heavy (non-hydrogen) atoms. The minimum absolute atomic E-state index is 0.520. The first kappa shape index (κ1) is 13.6. The fraction of sp³-hybridized carbons (Fsp3) is 0.0625. The third-order valence-corrected chi connectivity index (χ3v) is 3.52. The average Bonchev–Trinajstić information content (AvgIpc) is 3.02. The van der Waals surface area contributed by atoms with Gasteiger partial charge in [-0.05, 0) is 17.7 Å². The zero-order chi connectivity index (χ0) is 14.3. The van der Waals surface area contributed by atoms with E-state index < -0.39 is 0 Å². The van der Waals surface area contributed by atoms with E-state index in [4.69, 9.17) is 4.42 Å². The van der Waals surface area contributed by atoms with Gasteiger partial charge in [0, 0.05) is 23.7 Å². The van der Waals surface area contributed by atoms with Crippen LogP contribution in [0, 0.1) is 0 Å². The predicted molar refractivity (Wildman–Crippen MR) is 83.7 cm³/mol. The lowest BCUT2D eigenvalue weighted by atomic mass is 10.2. The Morgan fingerprint density at radius 2 is 1.81 bits per heavy atom. The molecule has 0 aliphatic carbocycles. The topological polar surface area (TPSA) is 51.8 Å². The molecule has 3 rings (SSSR count). The van der Waals surface area contributed by atoms with E-state index in [1.165, 1.54) is 17.3 Å². The lowest BCUT2D eigenvalue weighted by Gasteiger charge is -1.93. The van der Waals surface area contributed by atoms with Gasteiger partial charge in [0.2, 0.25) is 5.89 Å². The average molecular weight is 295 g/mol. The third-order valence-electron chi connectivity index (χ3n) is 2.75. The van der Waals surface area contributed by atoms with Gasteiger partial charge in [0.15, 0.2) is 0 Å². The molecule has 0 amide bonds. The van der Waals surface area contributed by atoms with Crippen LogP contribution in [-0.2, 0) is 0 Å². The summed E-state index contributed by atoms with van der Waals surface area (Å²) in [5.41, 5.74) is 2.06. The second-order valence-corrected chi connectivity index (χ2v) is 5.20. The molecule has 0 fully saturated rings. The number of aromatic nitrogens is 3. The molecular formula is C16H13N3OS. The van der Waals surface area contributed by atoms with Crippen molar-refractivity contribution >= 4 is 17.8 Å². The van der Waals surface area contributed by atoms with Crippen molar-refractivity contribution in [2.75, 3.05) is 5.75 Å². The molecule has 5 heteroatoms. The van der Waals surface area contributed by atoms with Crippen molar-refractivity contribution in [1.29, 1.82) is 0 Å². The van der Waals surface area contributed by atoms with E-state index in [-0.39, 0.29) is 0 Å². The Balaban J connectivity index is 1.57. The molecule has 0 bridgehead atoms. The molecule has 0 aliphatic rings. The molecule has 0 saturated carbocycles. The summed E-state index contributed by atoms with van der Waals surface area (Å²) in [5.74, 6) is 1.30. The highest BCUT2D eigenvalue weighted by atomic mass is 32.2. The number of rotatable bonds is 5. The van der Waals surface area contributed by atoms with Gasteiger partial charge in [-0.3, -0.25) is 4.98 Å². The maximum Gasteiger partial charge on any atom is 0.277 e. The van der Waals surface area contributed by atoms with Crippen molar-refractivity contribution in [2.24, 2.45) is 0 Å². The maximum absolute atomic E-state index is 5.60. The Kier molecular flexibility index (Phi) is 4.43. The fourth-order valence-electron chi connectivity index (χ4n) is 1.75. The number of nitrogens with zero attached hydrogens (tertiary/aromatic N) is 3. The number of hydrogen-bond acceptors (Lipinski definition) is 5. The Labute approximate surface area is 126 Å². The van der Waals surface area contributed by atoms with E-state index >= 15 is 0 Å². The number of hydrogen-bond donors (Lipinski definition) is 0. The molecule has 0 atom stereocenters. The number of pyridine rings is 1. The van der Waals surface area contributed by atoms with Crippen molar-refractivity contribution in [1.82, 2.24) is 15.2 Å². The summed E-state index contributed by atoms with van der Waals surface area (Å²) in [7, 11) is 0. The summed E-state index contributed by atoms with van der Waals surface area (Å²) >= 11 is 1.51. The Hall–Kier alpha value is -2.40. The van der Waals surface area contributed by atoms with Crippen molar-refractivity contribution in [3.8, 4) is 11.5 Å². The lowest BCUT2D eigenvalue weighted by molar-refractivity contribution is 0.466. The number of thioether (sulfide) groups is 1. The van der Waals surface area contributed by atoms with Crippen LogP contribution in [0.4, 0.5) is 0 Å². The van der Waals surface area contributed by atoms with E-state index in [1.54, 1.807) is 12.4 Å². The van der Waals surface area contributed by atoms with Crippen LogP contribution in [0.15, 0.2) is 70.6 Å². The van der Waals surface area contributed by atoms with Gasteiger partial charge < -0.3 is 4.42 Å². The molecule has 0 N–H and O–H groups in total. The van der Waals surface area contributed by atoms with Gasteiger partial charge in [0.05, 0.1) is 0 Å². The zero-order valence-corrected chi connectivity index (χ0v) is 12.0. The first-order chi connectivity index (χ1) is 10.4. The minimum Gasteiger partial charge on any atom is -0.411 e. The molecule has 4 nitrogen and oxygen atoms in total. The van der Waals surface area contributed by atoms with Gasteiger partial charge in [-0.15, -0.1) is 10.2 Å². The molecule has 0 radical (unpaired) electrons. The molecule has 0 aliphatic heterocycles. The highest BCUT2D eigenvalue weighted by Crippen LogP contribution is 2.22. The van der Waals surface area contributed by atoms with Gasteiger partial charge in [0.25, 0.3) is 5.22 Å². The second-order valence-electron chi connectivity index (χ2n) is 4.23. The Bertz CT molecular complexity index is 711. The molecule has 3 aromatic rings. The van der Waals surface area contributed by atoms with Gasteiger partial charge in [-0.1, -0.05) is 54.2 Å². The SMILES string of the molecule is C(=C\c1ccccc1)/CSc1nnc(-c2ccncc2)o1. The summed E-state index contributed by atoms with van der Waals surface area (Å²) < 4.78 is 5.60. The molecule has 104 valence electrons. The van der Waals surface area contributed by atoms with Crippen LogP contribution in [0.2, 0.25) is 0 Å². The summed E-state index contributed by atoms with van der Waals surface area (Å²) in [6.45, 7) is 0. The smallest absolute Gasteiger partial charge is 0.277 e. The van der Waals surface area contributed by atoms with Crippen molar-refractivity contribution in [2.45, 2.75) is 5.22 Å². The summed E-state index contributed by atoms with van der Waals surface area (Å²) in [5, 5.41) is 8.63. The number of benzene rings is 1. The fourth-order valence-corrected chi connectivity index (χ4v) is 2.32. The van der Waals surface area contributed by atoms with Gasteiger partial charge in [0.1, 0.15) is 0 Å². The Morgan fingerprint density at radius 3 is 2.62 bits per heavy atom. The van der Waals surface area contributed by atoms with Crippen LogP contribution in [0.3, 0.4) is 0 Å². The van der Waals surface area contributed by atoms with Crippen LogP contribution >= 0.6 is 11.8 Å². The van der Waals surface area contributed by atoms with Crippen LogP contribution in [0.25, 0.3) is 17.5 Å². The van der Waals surface area contributed by atoms with Gasteiger partial charge in [-0.2, -0.15) is 0 Å². The van der Waals surface area contributed by atoms with Gasteiger partial charge >= 0.3 is 0 Å². The van der Waals surface area contributed by atoms with E-state index in [9.17, 15) is 0 Å². The minimum atomic E-state index is 0.520. The third kappa shape index (κ3) is 3.79. The lowest BCUT2D eigenvalue weighted by Crippen LogP contribution is -1.77. The molecule has 0 unspecified atom stereocenters. The monoisotopic (exact) mass is 295 g/mol. The van der Waals surface area contributed by atoms with E-state index in [0.29, 0.717) is 11.1 Å². The summed E-state index contributed by atoms with van der Waals surface area (Å²) in [6.07, 6.45) is 7.56. The summed E-state index contributed by atoms with van der Waals surface area (Å²) in [4.78, 5) is 3.96. The highest BCUT2D eigenvalue weighted by molar-refractivity contribution is 7.99. The normalized spacial score (nSPS) is 11.0. The van der Waals surface area contributed by atoms with E-state index in [0.717, 1.165) is 11.3 Å². The van der Waals surface area contributed by atoms with E-state index in [1.807, 2.05) is 30.3 Å². The van der Waals surface area contributed by atoms with Crippen LogP contribution in [-0.4, -0.2) is 20.9 Å². The highest BCUT2D eigenvalue weighted by Gasteiger charge is 2.07. The molecule has 0 spiro atoms. The van der Waals surface area contributed by atoms with Crippen molar-refractivity contribution < 1.29 is 4.42 Å².